The van der Waals surface area contributed by atoms with Gasteiger partial charge in [0.15, 0.2) is 0 Å². The van der Waals surface area contributed by atoms with Crippen molar-refractivity contribution >= 4 is 23.3 Å². The number of carbonyl (C=O) groups is 2. The Morgan fingerprint density at radius 2 is 1.74 bits per heavy atom. The zero-order valence-corrected chi connectivity index (χ0v) is 14.7. The molecule has 142 valence electrons. The lowest BCUT2D eigenvalue weighted by Gasteiger charge is -2.36. The smallest absolute Gasteiger partial charge is 0.317 e. The number of rotatable bonds is 4. The first-order valence-electron chi connectivity index (χ1n) is 8.63. The molecule has 8 heteroatoms. The number of aromatic hydroxyl groups is 1. The Labute approximate surface area is 156 Å². The van der Waals surface area contributed by atoms with Gasteiger partial charge < -0.3 is 25.5 Å². The predicted molar refractivity (Wildman–Crippen MR) is 100 cm³/mol. The molecule has 27 heavy (non-hydrogen) atoms. The summed E-state index contributed by atoms with van der Waals surface area (Å²) in [6.07, 6.45) is 0. The highest BCUT2D eigenvalue weighted by Crippen LogP contribution is 2.17. The van der Waals surface area contributed by atoms with E-state index in [2.05, 4.69) is 15.5 Å². The van der Waals surface area contributed by atoms with E-state index in [0.29, 0.717) is 31.9 Å². The minimum Gasteiger partial charge on any atom is -0.508 e. The number of nitrogens with zero attached hydrogens (tertiary/aromatic N) is 2. The van der Waals surface area contributed by atoms with E-state index >= 15 is 0 Å². The summed E-state index contributed by atoms with van der Waals surface area (Å²) in [6, 6.07) is 12.2. The molecular formula is C19H21FN4O3. The molecule has 2 aromatic rings. The largest absolute Gasteiger partial charge is 0.508 e. The van der Waals surface area contributed by atoms with Crippen LogP contribution in [0.25, 0.3) is 0 Å². The van der Waals surface area contributed by atoms with Crippen LogP contribution in [0.3, 0.4) is 0 Å². The number of hydrogen-bond donors (Lipinski definition) is 3. The van der Waals surface area contributed by atoms with Crippen LogP contribution < -0.4 is 15.5 Å². The van der Waals surface area contributed by atoms with Gasteiger partial charge in [0.2, 0.25) is 5.91 Å². The van der Waals surface area contributed by atoms with Gasteiger partial charge in [0, 0.05) is 43.6 Å². The van der Waals surface area contributed by atoms with Gasteiger partial charge in [0.25, 0.3) is 0 Å². The quantitative estimate of drug-likeness (QED) is 0.766. The summed E-state index contributed by atoms with van der Waals surface area (Å²) >= 11 is 0. The fourth-order valence-electron chi connectivity index (χ4n) is 2.88. The van der Waals surface area contributed by atoms with Crippen molar-refractivity contribution in [3.05, 3.63) is 54.3 Å². The molecular weight excluding hydrogens is 351 g/mol. The normalized spacial score (nSPS) is 14.0. The summed E-state index contributed by atoms with van der Waals surface area (Å²) in [5.41, 5.74) is 1.38. The summed E-state index contributed by atoms with van der Waals surface area (Å²) in [7, 11) is 0. The summed E-state index contributed by atoms with van der Waals surface area (Å²) in [4.78, 5) is 27.9. The van der Waals surface area contributed by atoms with Crippen LogP contribution >= 0.6 is 0 Å². The van der Waals surface area contributed by atoms with Crippen LogP contribution in [0.5, 0.6) is 5.75 Å². The van der Waals surface area contributed by atoms with Crippen LogP contribution in [0, 0.1) is 5.82 Å². The molecule has 0 atom stereocenters. The van der Waals surface area contributed by atoms with Crippen molar-refractivity contribution in [1.29, 1.82) is 0 Å². The second-order valence-electron chi connectivity index (χ2n) is 6.21. The molecule has 3 amide bonds. The highest BCUT2D eigenvalue weighted by molar-refractivity contribution is 5.94. The zero-order valence-electron chi connectivity index (χ0n) is 14.7. The van der Waals surface area contributed by atoms with Crippen LogP contribution in [0.2, 0.25) is 0 Å². The number of halogens is 1. The van der Waals surface area contributed by atoms with Crippen molar-refractivity contribution in [3.8, 4) is 5.75 Å². The number of amides is 3. The van der Waals surface area contributed by atoms with E-state index in [0.717, 1.165) is 5.69 Å². The maximum Gasteiger partial charge on any atom is 0.317 e. The molecule has 1 aliphatic heterocycles. The molecule has 1 heterocycles. The van der Waals surface area contributed by atoms with E-state index in [9.17, 15) is 19.1 Å². The number of benzene rings is 2. The van der Waals surface area contributed by atoms with Gasteiger partial charge in [-0.2, -0.15) is 0 Å². The third-order valence-electron chi connectivity index (χ3n) is 4.29. The van der Waals surface area contributed by atoms with Crippen molar-refractivity contribution in [1.82, 2.24) is 10.2 Å². The van der Waals surface area contributed by atoms with Crippen molar-refractivity contribution in [3.63, 3.8) is 0 Å². The average Bonchev–Trinajstić information content (AvgIpc) is 2.67. The third kappa shape index (κ3) is 5.10. The SMILES string of the molecule is O=C(CNC(=O)N1CCN(c2ccc(F)cc2)CC1)Nc1cccc(O)c1. The zero-order chi connectivity index (χ0) is 19.2. The Bertz CT molecular complexity index is 805. The number of hydrogen-bond acceptors (Lipinski definition) is 4. The Morgan fingerprint density at radius 3 is 2.41 bits per heavy atom. The number of urea groups is 1. The van der Waals surface area contributed by atoms with E-state index in [4.69, 9.17) is 0 Å². The van der Waals surface area contributed by atoms with Gasteiger partial charge in [-0.05, 0) is 36.4 Å². The first-order chi connectivity index (χ1) is 13.0. The fourth-order valence-corrected chi connectivity index (χ4v) is 2.88. The lowest BCUT2D eigenvalue weighted by Crippen LogP contribution is -2.52. The highest BCUT2D eigenvalue weighted by Gasteiger charge is 2.21. The first-order valence-corrected chi connectivity index (χ1v) is 8.63. The van der Waals surface area contributed by atoms with Gasteiger partial charge in [-0.1, -0.05) is 6.07 Å². The molecule has 0 bridgehead atoms. The Kier molecular flexibility index (Phi) is 5.75. The average molecular weight is 372 g/mol. The van der Waals surface area contributed by atoms with Gasteiger partial charge in [-0.25, -0.2) is 9.18 Å². The molecule has 2 aromatic carbocycles. The number of nitrogens with one attached hydrogen (secondary N) is 2. The molecule has 0 radical (unpaired) electrons. The van der Waals surface area contributed by atoms with Crippen molar-refractivity contribution < 1.29 is 19.1 Å². The molecule has 0 saturated carbocycles. The molecule has 1 saturated heterocycles. The Hall–Kier alpha value is -3.29. The maximum atomic E-state index is 13.0. The minimum atomic E-state index is -0.376. The molecule has 0 aliphatic carbocycles. The molecule has 0 aromatic heterocycles. The predicted octanol–water partition coefficient (Wildman–Crippen LogP) is 2.00. The lowest BCUT2D eigenvalue weighted by atomic mass is 10.2. The van der Waals surface area contributed by atoms with Gasteiger partial charge in [0.05, 0.1) is 6.54 Å². The molecule has 7 nitrogen and oxygen atoms in total. The Morgan fingerprint density at radius 1 is 1.04 bits per heavy atom. The molecule has 0 unspecified atom stereocenters. The minimum absolute atomic E-state index is 0.0517. The van der Waals surface area contributed by atoms with Crippen LogP contribution in [0.15, 0.2) is 48.5 Å². The summed E-state index contributed by atoms with van der Waals surface area (Å²) in [5.74, 6) is -0.601. The van der Waals surface area contributed by atoms with Crippen LogP contribution in [0.1, 0.15) is 0 Å². The molecule has 0 spiro atoms. The fraction of sp³-hybridized carbons (Fsp3) is 0.263. The summed E-state index contributed by atoms with van der Waals surface area (Å²) in [5, 5.41) is 14.6. The van der Waals surface area contributed by atoms with Crippen LogP contribution in [-0.4, -0.2) is 54.7 Å². The van der Waals surface area contributed by atoms with E-state index in [1.54, 1.807) is 29.2 Å². The number of carbonyl (C=O) groups excluding carboxylic acids is 2. The van der Waals surface area contributed by atoms with E-state index < -0.39 is 0 Å². The number of anilines is 2. The van der Waals surface area contributed by atoms with Crippen molar-refractivity contribution in [2.24, 2.45) is 0 Å². The molecule has 3 rings (SSSR count). The number of phenolic OH excluding ortho intramolecular Hbond substituents is 1. The number of phenols is 1. The van der Waals surface area contributed by atoms with Crippen molar-refractivity contribution in [2.75, 3.05) is 42.9 Å². The van der Waals surface area contributed by atoms with Gasteiger partial charge in [0.1, 0.15) is 11.6 Å². The van der Waals surface area contributed by atoms with E-state index in [-0.39, 0.29) is 30.0 Å². The van der Waals surface area contributed by atoms with Gasteiger partial charge in [-0.15, -0.1) is 0 Å². The van der Waals surface area contributed by atoms with Gasteiger partial charge >= 0.3 is 6.03 Å². The summed E-state index contributed by atoms with van der Waals surface area (Å²) < 4.78 is 13.0. The highest BCUT2D eigenvalue weighted by atomic mass is 19.1. The van der Waals surface area contributed by atoms with Crippen LogP contribution in [-0.2, 0) is 4.79 Å². The third-order valence-corrected chi connectivity index (χ3v) is 4.29. The molecule has 1 aliphatic rings. The number of piperazine rings is 1. The standard InChI is InChI=1S/C19H21FN4O3/c20-14-4-6-16(7-5-14)23-8-10-24(11-9-23)19(27)21-13-18(26)22-15-2-1-3-17(25)12-15/h1-7,12,25H,8-11,13H2,(H,21,27)(H,22,26). The van der Waals surface area contributed by atoms with E-state index in [1.165, 1.54) is 24.3 Å². The first kappa shape index (κ1) is 18.5. The second kappa shape index (κ2) is 8.39. The van der Waals surface area contributed by atoms with Crippen molar-refractivity contribution in [2.45, 2.75) is 0 Å². The second-order valence-corrected chi connectivity index (χ2v) is 6.21. The monoisotopic (exact) mass is 372 g/mol. The molecule has 1 fully saturated rings. The lowest BCUT2D eigenvalue weighted by molar-refractivity contribution is -0.115. The summed E-state index contributed by atoms with van der Waals surface area (Å²) in [6.45, 7) is 2.13. The van der Waals surface area contributed by atoms with Crippen LogP contribution in [0.4, 0.5) is 20.6 Å². The topological polar surface area (TPSA) is 84.9 Å². The Balaban J connectivity index is 1.42. The molecule has 3 N–H and O–H groups in total. The van der Waals surface area contributed by atoms with Gasteiger partial charge in [-0.3, -0.25) is 4.79 Å². The van der Waals surface area contributed by atoms with E-state index in [1.807, 2.05) is 0 Å². The maximum absolute atomic E-state index is 13.0.